The molecule has 0 aliphatic heterocycles. The van der Waals surface area contributed by atoms with Crippen LogP contribution in [0.4, 0.5) is 18.9 Å². The number of rotatable bonds is 12. The summed E-state index contributed by atoms with van der Waals surface area (Å²) in [7, 11) is -0.231. The van der Waals surface area contributed by atoms with E-state index in [-0.39, 0.29) is 28.6 Å². The molecule has 0 aliphatic rings. The summed E-state index contributed by atoms with van der Waals surface area (Å²) in [6.07, 6.45) is -3.51. The van der Waals surface area contributed by atoms with Crippen molar-refractivity contribution in [2.45, 2.75) is 23.9 Å². The molecule has 0 bridgehead atoms. The molecule has 0 saturated carbocycles. The van der Waals surface area contributed by atoms with Crippen molar-refractivity contribution in [3.05, 3.63) is 77.9 Å². The number of nitrogens with zero attached hydrogens (tertiary/aromatic N) is 1. The summed E-state index contributed by atoms with van der Waals surface area (Å²) in [6, 6.07) is 15.0. The zero-order chi connectivity index (χ0) is 28.6. The Morgan fingerprint density at radius 3 is 2.21 bits per heavy atom. The Hall–Kier alpha value is -3.93. The lowest BCUT2D eigenvalue weighted by molar-refractivity contribution is -0.137. The molecule has 0 fully saturated rings. The summed E-state index contributed by atoms with van der Waals surface area (Å²) in [5, 5.41) is 2.65. The fraction of sp³-hybridized carbons (Fsp3) is 0.296. The number of amides is 1. The second-order valence-corrected chi connectivity index (χ2v) is 10.2. The number of aryl methyl sites for hydroxylation is 1. The van der Waals surface area contributed by atoms with Crippen molar-refractivity contribution < 1.29 is 40.6 Å². The van der Waals surface area contributed by atoms with E-state index in [2.05, 4.69) is 5.32 Å². The monoisotopic (exact) mass is 566 g/mol. The highest BCUT2D eigenvalue weighted by atomic mass is 32.2. The molecule has 1 amide bonds. The van der Waals surface area contributed by atoms with Gasteiger partial charge in [-0.25, -0.2) is 8.42 Å². The maximum absolute atomic E-state index is 13.6. The second-order valence-electron chi connectivity index (χ2n) is 8.38. The molecule has 0 unspecified atom stereocenters. The summed E-state index contributed by atoms with van der Waals surface area (Å²) >= 11 is 0. The second kappa shape index (κ2) is 12.7. The summed E-state index contributed by atoms with van der Waals surface area (Å²) in [4.78, 5) is 12.5. The van der Waals surface area contributed by atoms with Crippen LogP contribution in [-0.4, -0.2) is 48.7 Å². The van der Waals surface area contributed by atoms with Gasteiger partial charge in [-0.15, -0.1) is 0 Å². The van der Waals surface area contributed by atoms with Crippen molar-refractivity contribution in [2.24, 2.45) is 0 Å². The Kier molecular flexibility index (Phi) is 9.68. The highest BCUT2D eigenvalue weighted by molar-refractivity contribution is 7.92. The molecule has 0 atom stereocenters. The Balaban J connectivity index is 1.83. The predicted molar refractivity (Wildman–Crippen MR) is 140 cm³/mol. The number of benzene rings is 3. The number of methoxy groups -OCH3 is 3. The zero-order valence-electron chi connectivity index (χ0n) is 21.6. The van der Waals surface area contributed by atoms with Crippen LogP contribution in [0.2, 0.25) is 0 Å². The SMILES string of the molecule is COc1ccc(CCCNC(=O)CN(c2cccc(C(F)(F)F)c2)S(=O)(=O)c2ccc(OC)c(OC)c2)cc1. The number of alkyl halides is 3. The maximum Gasteiger partial charge on any atom is 0.416 e. The Morgan fingerprint density at radius 1 is 0.897 bits per heavy atom. The highest BCUT2D eigenvalue weighted by Gasteiger charge is 2.33. The number of anilines is 1. The first-order chi connectivity index (χ1) is 18.5. The molecule has 0 spiro atoms. The van der Waals surface area contributed by atoms with E-state index in [0.717, 1.165) is 23.4 Å². The van der Waals surface area contributed by atoms with Crippen molar-refractivity contribution in [3.8, 4) is 17.2 Å². The normalized spacial score (nSPS) is 11.5. The average Bonchev–Trinajstić information content (AvgIpc) is 2.93. The number of halogens is 3. The van der Waals surface area contributed by atoms with Crippen molar-refractivity contribution in [3.63, 3.8) is 0 Å². The zero-order valence-corrected chi connectivity index (χ0v) is 22.4. The molecule has 3 aromatic carbocycles. The first-order valence-corrected chi connectivity index (χ1v) is 13.2. The summed E-state index contributed by atoms with van der Waals surface area (Å²) < 4.78 is 83.5. The van der Waals surface area contributed by atoms with Crippen LogP contribution in [0.5, 0.6) is 17.2 Å². The van der Waals surface area contributed by atoms with Gasteiger partial charge in [-0.3, -0.25) is 9.10 Å². The van der Waals surface area contributed by atoms with Gasteiger partial charge >= 0.3 is 6.18 Å². The van der Waals surface area contributed by atoms with E-state index < -0.39 is 34.2 Å². The van der Waals surface area contributed by atoms with Gasteiger partial charge in [0.2, 0.25) is 5.91 Å². The first-order valence-electron chi connectivity index (χ1n) is 11.8. The number of hydrogen-bond acceptors (Lipinski definition) is 6. The molecule has 0 aliphatic carbocycles. The van der Waals surface area contributed by atoms with E-state index >= 15 is 0 Å². The topological polar surface area (TPSA) is 94.2 Å². The highest BCUT2D eigenvalue weighted by Crippen LogP contribution is 2.35. The van der Waals surface area contributed by atoms with Gasteiger partial charge in [0.15, 0.2) is 11.5 Å². The van der Waals surface area contributed by atoms with E-state index in [9.17, 15) is 26.4 Å². The Morgan fingerprint density at radius 2 is 1.59 bits per heavy atom. The summed E-state index contributed by atoms with van der Waals surface area (Å²) in [5.74, 6) is 0.408. The molecule has 0 heterocycles. The summed E-state index contributed by atoms with van der Waals surface area (Å²) in [5.41, 5.74) is -0.341. The van der Waals surface area contributed by atoms with Gasteiger partial charge < -0.3 is 19.5 Å². The van der Waals surface area contributed by atoms with Crippen LogP contribution in [0.3, 0.4) is 0 Å². The van der Waals surface area contributed by atoms with Gasteiger partial charge in [0.1, 0.15) is 12.3 Å². The van der Waals surface area contributed by atoms with E-state index in [1.165, 1.54) is 38.5 Å². The predicted octanol–water partition coefficient (Wildman–Crippen LogP) is 4.68. The lowest BCUT2D eigenvalue weighted by atomic mass is 10.1. The van der Waals surface area contributed by atoms with Crippen LogP contribution < -0.4 is 23.8 Å². The number of carbonyl (C=O) groups is 1. The molecule has 12 heteroatoms. The van der Waals surface area contributed by atoms with Gasteiger partial charge in [-0.2, -0.15) is 13.2 Å². The number of sulfonamides is 1. The van der Waals surface area contributed by atoms with Crippen molar-refractivity contribution in [1.29, 1.82) is 0 Å². The molecule has 3 rings (SSSR count). The van der Waals surface area contributed by atoms with Crippen LogP contribution in [0.1, 0.15) is 17.5 Å². The molecule has 0 aromatic heterocycles. The van der Waals surface area contributed by atoms with Crippen molar-refractivity contribution >= 4 is 21.6 Å². The van der Waals surface area contributed by atoms with Crippen LogP contribution in [0.15, 0.2) is 71.6 Å². The van der Waals surface area contributed by atoms with Crippen LogP contribution >= 0.6 is 0 Å². The number of ether oxygens (including phenoxy) is 3. The molecule has 3 aromatic rings. The number of carbonyl (C=O) groups excluding carboxylic acids is 1. The largest absolute Gasteiger partial charge is 0.497 e. The van der Waals surface area contributed by atoms with Gasteiger partial charge in [-0.1, -0.05) is 18.2 Å². The third-order valence-corrected chi connectivity index (χ3v) is 7.58. The van der Waals surface area contributed by atoms with E-state index in [1.54, 1.807) is 7.11 Å². The Bertz CT molecular complexity index is 1380. The molecule has 0 saturated heterocycles. The molecule has 210 valence electrons. The standard InChI is InChI=1S/C27H29F3N2O6S/c1-36-22-11-9-19(10-12-22)6-5-15-31-26(33)18-32(21-8-4-7-20(16-21)27(28,29)30)39(34,35)23-13-14-24(37-2)25(17-23)38-3/h4,7-14,16-17H,5-6,15,18H2,1-3H3,(H,31,33). The average molecular weight is 567 g/mol. The van der Waals surface area contributed by atoms with Crippen molar-refractivity contribution in [1.82, 2.24) is 5.32 Å². The number of hydrogen-bond donors (Lipinski definition) is 1. The van der Waals surface area contributed by atoms with E-state index in [0.29, 0.717) is 23.2 Å². The van der Waals surface area contributed by atoms with Crippen molar-refractivity contribution in [2.75, 3.05) is 38.7 Å². The van der Waals surface area contributed by atoms with Gasteiger partial charge in [0.25, 0.3) is 10.0 Å². The molecule has 1 N–H and O–H groups in total. The lowest BCUT2D eigenvalue weighted by Gasteiger charge is -2.25. The molecule has 39 heavy (non-hydrogen) atoms. The smallest absolute Gasteiger partial charge is 0.416 e. The number of nitrogens with one attached hydrogen (secondary N) is 1. The molecular formula is C27H29F3N2O6S. The minimum absolute atomic E-state index is 0.102. The summed E-state index contributed by atoms with van der Waals surface area (Å²) in [6.45, 7) is -0.502. The minimum atomic E-state index is -4.71. The van der Waals surface area contributed by atoms with Gasteiger partial charge in [-0.05, 0) is 60.9 Å². The first kappa shape index (κ1) is 29.6. The third kappa shape index (κ3) is 7.56. The molecular weight excluding hydrogens is 537 g/mol. The molecule has 0 radical (unpaired) electrons. The van der Waals surface area contributed by atoms with E-state index in [1.807, 2.05) is 24.3 Å². The Labute approximate surface area is 225 Å². The fourth-order valence-electron chi connectivity index (χ4n) is 3.76. The maximum atomic E-state index is 13.6. The van der Waals surface area contributed by atoms with E-state index in [4.69, 9.17) is 14.2 Å². The fourth-order valence-corrected chi connectivity index (χ4v) is 5.18. The van der Waals surface area contributed by atoms with Crippen LogP contribution in [0, 0.1) is 0 Å². The van der Waals surface area contributed by atoms with Crippen LogP contribution in [-0.2, 0) is 27.4 Å². The van der Waals surface area contributed by atoms with Crippen LogP contribution in [0.25, 0.3) is 0 Å². The lowest BCUT2D eigenvalue weighted by Crippen LogP contribution is -2.41. The quantitative estimate of drug-likeness (QED) is 0.320. The van der Waals surface area contributed by atoms with Gasteiger partial charge in [0, 0.05) is 12.6 Å². The third-order valence-electron chi connectivity index (χ3n) is 5.82. The minimum Gasteiger partial charge on any atom is -0.497 e. The van der Waals surface area contributed by atoms with Gasteiger partial charge in [0.05, 0.1) is 37.5 Å². The molecule has 8 nitrogen and oxygen atoms in total.